The Bertz CT molecular complexity index is 6150. The van der Waals surface area contributed by atoms with Gasteiger partial charge >= 0.3 is 57.4 Å². The molecule has 0 fully saturated rings. The number of phenolic OH excluding ortho intramolecular Hbond substituents is 2. The van der Waals surface area contributed by atoms with E-state index in [1.807, 2.05) is 109 Å². The van der Waals surface area contributed by atoms with Crippen LogP contribution in [0.3, 0.4) is 0 Å². The van der Waals surface area contributed by atoms with Gasteiger partial charge in [0.2, 0.25) is 17.6 Å². The van der Waals surface area contributed by atoms with E-state index in [1.165, 1.54) is 36.4 Å². The van der Waals surface area contributed by atoms with Crippen LogP contribution in [0, 0.1) is 34.3 Å². The number of aromatic carboxylic acids is 1. The molecule has 4 heterocycles. The fourth-order valence-electron chi connectivity index (χ4n) is 12.1. The second-order valence-corrected chi connectivity index (χ2v) is 27.0. The van der Waals surface area contributed by atoms with Gasteiger partial charge in [0.25, 0.3) is 17.7 Å². The number of nitrogens with two attached hydrogens (primary N) is 4. The number of hydrogen-bond donors (Lipinski definition) is 11. The van der Waals surface area contributed by atoms with E-state index in [4.69, 9.17) is 86.7 Å². The fraction of sp³-hybridized carbons (Fsp3) is 0.121. The third kappa shape index (κ3) is 28.6. The number of nitrogens with one attached hydrogen (secondary N) is 2. The zero-order chi connectivity index (χ0) is 89.1. The van der Waals surface area contributed by atoms with Gasteiger partial charge in [0.15, 0.2) is 121 Å². The molecule has 0 saturated carbocycles. The monoisotopic (exact) mass is 1810 g/mol. The van der Waals surface area contributed by atoms with Crippen LogP contribution in [-0.2, 0) is 38.4 Å². The van der Waals surface area contributed by atoms with E-state index in [1.54, 1.807) is 158 Å². The van der Waals surface area contributed by atoms with Crippen molar-refractivity contribution in [3.63, 3.8) is 0 Å². The van der Waals surface area contributed by atoms with Crippen molar-refractivity contribution in [2.45, 2.75) is 79.3 Å². The second-order valence-electron chi connectivity index (χ2n) is 27.0. The number of ether oxygens (including phenoxy) is 8. The van der Waals surface area contributed by atoms with Gasteiger partial charge in [-0.2, -0.15) is 10.5 Å². The molecule has 0 radical (unpaired) electrons. The van der Waals surface area contributed by atoms with Crippen molar-refractivity contribution in [1.29, 1.82) is 10.5 Å². The zero-order valence-corrected chi connectivity index (χ0v) is 70.3. The van der Waals surface area contributed by atoms with Gasteiger partial charge in [-0.05, 0) is 151 Å². The maximum absolute atomic E-state index is 13.0. The number of ketones is 1. The summed E-state index contributed by atoms with van der Waals surface area (Å²) in [5.41, 5.74) is 24.3. The molecule has 0 saturated heterocycles. The van der Waals surface area contributed by atoms with Crippen LogP contribution in [-0.4, -0.2) is 103 Å². The number of benzene rings is 13. The molecular weight excluding hydrogens is 1710 g/mol. The van der Waals surface area contributed by atoms with E-state index >= 15 is 0 Å². The number of primary amides is 3. The minimum Gasteiger partial charge on any atom is -0.870 e. The Morgan fingerprint density at radius 2 is 0.656 bits per heavy atom. The van der Waals surface area contributed by atoms with Crippen molar-refractivity contribution in [3.05, 3.63) is 359 Å². The SMILES string of the molecule is C.C.C.C.N#Cc1cccc(F)c1F.N#Cc1cccc2c1Oc1ccccc1O2.NC(=O)C(=O)C(Cc1ccccc1)NC(=O)c1cccc2c1Oc1ccccc1O2.NC(=O)C(O)C(Cc1ccccc1)NC(=O)c1cccc2c1Oc1ccccc1O2.NC(=O)C(O)C(N)Cc1ccccc1.O=C(O)c1cccc2c1Oc1ccccc1O2.Oc1ccccc1O.[K+].[OH-]. The molecule has 13 aromatic rings. The molecule has 5 amide bonds. The maximum Gasteiger partial charge on any atom is 1.00 e. The van der Waals surface area contributed by atoms with Gasteiger partial charge in [-0.3, -0.25) is 28.8 Å². The van der Waals surface area contributed by atoms with E-state index in [2.05, 4.69) is 16.7 Å². The number of halogens is 2. The molecule has 0 aromatic heterocycles. The van der Waals surface area contributed by atoms with Gasteiger partial charge in [-0.15, -0.1) is 0 Å². The summed E-state index contributed by atoms with van der Waals surface area (Å²) in [5.74, 6) is -0.562. The third-order valence-electron chi connectivity index (χ3n) is 18.3. The van der Waals surface area contributed by atoms with Crippen LogP contribution in [0.25, 0.3) is 0 Å². The minimum atomic E-state index is -1.55. The smallest absolute Gasteiger partial charge is 0.870 e. The number of Topliss-reactive ketones (excluding diaryl/α,β-unsaturated/α-hetero) is 1. The molecule has 13 aromatic carbocycles. The summed E-state index contributed by atoms with van der Waals surface area (Å²) < 4.78 is 70.5. The van der Waals surface area contributed by atoms with Gasteiger partial charge in [-0.1, -0.05) is 212 Å². The van der Waals surface area contributed by atoms with Crippen LogP contribution in [0.1, 0.15) is 88.6 Å². The van der Waals surface area contributed by atoms with Crippen LogP contribution >= 0.6 is 0 Å². The Balaban J connectivity index is 0.000000280. The fourth-order valence-corrected chi connectivity index (χ4v) is 12.1. The number of aromatic hydroxyl groups is 2. The summed E-state index contributed by atoms with van der Waals surface area (Å²) in [4.78, 5) is 83.1. The molecule has 17 rings (SSSR count). The number of para-hydroxylation sites is 14. The molecule has 670 valence electrons. The number of carbonyl (C=O) groups is 7. The maximum atomic E-state index is 13.0. The molecule has 4 aliphatic rings. The zero-order valence-electron chi connectivity index (χ0n) is 67.1. The van der Waals surface area contributed by atoms with Crippen molar-refractivity contribution in [3.8, 4) is 116 Å². The first-order valence-electron chi connectivity index (χ1n) is 37.9. The topological polar surface area (TPSA) is 500 Å². The number of carbonyl (C=O) groups excluding carboxylic acids is 6. The summed E-state index contributed by atoms with van der Waals surface area (Å²) in [5, 5.41) is 68.4. The molecule has 32 heteroatoms. The first-order valence-corrected chi connectivity index (χ1v) is 37.9. The van der Waals surface area contributed by atoms with E-state index in [9.17, 15) is 52.6 Å². The first kappa shape index (κ1) is 106. The summed E-state index contributed by atoms with van der Waals surface area (Å²) >= 11 is 0. The van der Waals surface area contributed by atoms with Crippen LogP contribution in [0.15, 0.2) is 303 Å². The number of phenols is 2. The molecule has 16 N–H and O–H groups in total. The number of amides is 5. The second kappa shape index (κ2) is 51.5. The summed E-state index contributed by atoms with van der Waals surface area (Å²) in [6, 6.07) is 86.8. The van der Waals surface area contributed by atoms with Gasteiger partial charge in [-0.25, -0.2) is 13.6 Å². The van der Waals surface area contributed by atoms with Crippen molar-refractivity contribution >= 4 is 41.3 Å². The normalized spacial score (nSPS) is 11.7. The Morgan fingerprint density at radius 3 is 1.02 bits per heavy atom. The molecule has 5 unspecified atom stereocenters. The molecule has 131 heavy (non-hydrogen) atoms. The standard InChI is InChI=1S/C23H20N2O5.C23H18N2O5.C13H7NO2.C13H8O4.C10H14N2O2.C7H3F2N.C6H6O2.4CH4.K.H2O/c2*24-22(27)20(26)16(13-14-7-2-1-3-8-14)25-23(28)15-9-6-12-19-21(15)30-18-11-5-4-10-17(18)29-19;14-8-9-4-3-7-12-13(9)16-11-6-2-1-5-10(11)15-12;14-13(15)8-4-3-7-11-12(8)17-10-6-2-1-5-9(10)16-11;11-8(9(13)10(12)14)6-7-4-2-1-3-5-7;8-6-3-1-2-5(4-10)7(6)9;7-5-3-1-2-4-6(5)8;;;;;;/h1-12,16,20,26H,13H2,(H2,24,27)(H,25,28);1-12,16H,13H2,(H2,24,27)(H,25,28);1-7H;1-7H,(H,14,15);1-5,8-9,13H,6,11H2,(H2,12,14);1-3H;1-4,7-8H;4*1H4;;1H2/q;;;;;;;;;;;+1;/p-1. The Kier molecular flexibility index (Phi) is 41.7. The number of nitrogens with zero attached hydrogens (tertiary/aromatic N) is 2. The molecule has 4 aliphatic heterocycles. The number of nitriles is 2. The molecule has 0 bridgehead atoms. The van der Waals surface area contributed by atoms with E-state index in [0.29, 0.717) is 86.7 Å². The van der Waals surface area contributed by atoms with Crippen LogP contribution in [0.5, 0.6) is 103 Å². The number of aliphatic hydroxyl groups is 2. The predicted molar refractivity (Wildman–Crippen MR) is 479 cm³/mol. The number of fused-ring (bicyclic) bond motifs is 8. The summed E-state index contributed by atoms with van der Waals surface area (Å²) in [6.45, 7) is 0. The van der Waals surface area contributed by atoms with Gasteiger partial charge in [0.05, 0.1) is 28.3 Å². The van der Waals surface area contributed by atoms with Gasteiger partial charge in [0.1, 0.15) is 29.8 Å². The average Bonchev–Trinajstić information content (AvgIpc) is 0.794. The minimum absolute atomic E-state index is 0. The van der Waals surface area contributed by atoms with Gasteiger partial charge < -0.3 is 102 Å². The Hall–Kier alpha value is -15.3. The molecule has 29 nitrogen and oxygen atoms in total. The number of carboxylic acids is 1. The number of carboxylic acid groups (broad SMARTS) is 1. The Labute approximate surface area is 796 Å². The number of hydrogen-bond acceptors (Lipinski definition) is 23. The summed E-state index contributed by atoms with van der Waals surface area (Å²) in [7, 11) is 0. The van der Waals surface area contributed by atoms with Crippen molar-refractivity contribution in [2.24, 2.45) is 22.9 Å². The quantitative estimate of drug-likeness (QED) is 0.0229. The molecule has 5 atom stereocenters. The van der Waals surface area contributed by atoms with Crippen LogP contribution in [0.2, 0.25) is 0 Å². The number of rotatable bonds is 17. The molecular formula is C99H93F2KN8O21. The van der Waals surface area contributed by atoms with Crippen molar-refractivity contribution in [1.82, 2.24) is 10.6 Å². The van der Waals surface area contributed by atoms with Crippen LogP contribution < -0.4 is 123 Å². The van der Waals surface area contributed by atoms with Crippen molar-refractivity contribution < 1.29 is 163 Å². The molecule has 0 spiro atoms. The van der Waals surface area contributed by atoms with Crippen molar-refractivity contribution in [2.75, 3.05) is 0 Å². The largest absolute Gasteiger partial charge is 1.00 e. The number of aliphatic hydroxyl groups excluding tert-OH is 2. The summed E-state index contributed by atoms with van der Waals surface area (Å²) in [6.07, 6.45) is -2.04. The first-order chi connectivity index (χ1) is 60.4. The van der Waals surface area contributed by atoms with E-state index in [-0.39, 0.29) is 150 Å². The third-order valence-corrected chi connectivity index (χ3v) is 18.3. The predicted octanol–water partition coefficient (Wildman–Crippen LogP) is 14.2. The van der Waals surface area contributed by atoms with E-state index in [0.717, 1.165) is 22.8 Å². The van der Waals surface area contributed by atoms with E-state index < -0.39 is 83.3 Å². The molecule has 0 aliphatic carbocycles. The van der Waals surface area contributed by atoms with Gasteiger partial charge in [0, 0.05) is 12.5 Å². The Morgan fingerprint density at radius 1 is 0.359 bits per heavy atom. The van der Waals surface area contributed by atoms with Crippen LogP contribution in [0.4, 0.5) is 8.78 Å². The average molecular weight is 1810 g/mol.